The number of aromatic nitrogens is 4. The molecule has 174 valence electrons. The topological polar surface area (TPSA) is 99.0 Å². The molecule has 0 aromatic carbocycles. The number of imidazole rings is 1. The molecule has 4 aromatic heterocycles. The normalized spacial score (nSPS) is 18.1. The Morgan fingerprint density at radius 1 is 1.21 bits per heavy atom. The van der Waals surface area contributed by atoms with E-state index in [0.29, 0.717) is 10.4 Å². The lowest BCUT2D eigenvalue weighted by atomic mass is 9.90. The minimum absolute atomic E-state index is 0.0449. The van der Waals surface area contributed by atoms with Crippen LogP contribution in [0.2, 0.25) is 0 Å². The van der Waals surface area contributed by atoms with Gasteiger partial charge in [0.2, 0.25) is 0 Å². The van der Waals surface area contributed by atoms with E-state index in [-0.39, 0.29) is 23.7 Å². The highest BCUT2D eigenvalue weighted by molar-refractivity contribution is 9.11. The number of pyridine rings is 2. The molecule has 1 aliphatic carbocycles. The minimum atomic E-state index is -0.503. The predicted molar refractivity (Wildman–Crippen MR) is 133 cm³/mol. The minimum Gasteiger partial charge on any atom is -0.464 e. The number of esters is 1. The number of hydrogen-bond donors (Lipinski definition) is 1. The van der Waals surface area contributed by atoms with Crippen LogP contribution < -0.4 is 5.32 Å². The van der Waals surface area contributed by atoms with E-state index >= 15 is 0 Å². The van der Waals surface area contributed by atoms with Gasteiger partial charge in [-0.1, -0.05) is 6.07 Å². The molecule has 5 rings (SSSR count). The molecule has 4 heterocycles. The summed E-state index contributed by atoms with van der Waals surface area (Å²) in [6, 6.07) is 11.2. The second-order valence-electron chi connectivity index (χ2n) is 8.16. The molecule has 34 heavy (non-hydrogen) atoms. The van der Waals surface area contributed by atoms with Crippen LogP contribution in [0.4, 0.5) is 0 Å². The lowest BCUT2D eigenvalue weighted by Crippen LogP contribution is -2.38. The average molecular weight is 540 g/mol. The summed E-state index contributed by atoms with van der Waals surface area (Å²) < 4.78 is 7.91. The van der Waals surface area contributed by atoms with E-state index in [1.165, 1.54) is 18.4 Å². The third-order valence-electron chi connectivity index (χ3n) is 6.01. The molecule has 4 aromatic rings. The van der Waals surface area contributed by atoms with Crippen LogP contribution in [0.3, 0.4) is 0 Å². The van der Waals surface area contributed by atoms with Crippen molar-refractivity contribution in [2.75, 3.05) is 7.11 Å². The largest absolute Gasteiger partial charge is 0.464 e. The van der Waals surface area contributed by atoms with Crippen molar-refractivity contribution in [1.82, 2.24) is 24.8 Å². The maximum absolute atomic E-state index is 12.7. The van der Waals surface area contributed by atoms with Crippen molar-refractivity contribution in [2.45, 2.75) is 37.8 Å². The highest BCUT2D eigenvalue weighted by atomic mass is 79.9. The van der Waals surface area contributed by atoms with E-state index in [0.717, 1.165) is 46.5 Å². The Labute approximate surface area is 208 Å². The summed E-state index contributed by atoms with van der Waals surface area (Å²) in [4.78, 5) is 39.1. The Bertz CT molecular complexity index is 1350. The number of amides is 1. The summed E-state index contributed by atoms with van der Waals surface area (Å²) in [7, 11) is 1.33. The summed E-state index contributed by atoms with van der Waals surface area (Å²) in [5.41, 5.74) is 2.44. The highest BCUT2D eigenvalue weighted by Crippen LogP contribution is 2.36. The van der Waals surface area contributed by atoms with Crippen molar-refractivity contribution in [3.05, 3.63) is 63.1 Å². The number of halogens is 1. The van der Waals surface area contributed by atoms with E-state index in [2.05, 4.69) is 35.8 Å². The van der Waals surface area contributed by atoms with Crippen molar-refractivity contribution >= 4 is 50.2 Å². The van der Waals surface area contributed by atoms with E-state index in [1.54, 1.807) is 18.5 Å². The van der Waals surface area contributed by atoms with Gasteiger partial charge in [0.25, 0.3) is 5.91 Å². The fourth-order valence-corrected chi connectivity index (χ4v) is 5.77. The molecule has 0 aliphatic heterocycles. The SMILES string of the molecule is COC(=O)c1cc2nc(-c3ccccn3)n([C@@H]3CCC[C@H](NC(=O)c4ccc(Br)s4)C3)c2cn1. The Morgan fingerprint density at radius 2 is 2.09 bits per heavy atom. The molecule has 1 N–H and O–H groups in total. The van der Waals surface area contributed by atoms with Crippen molar-refractivity contribution in [3.8, 4) is 11.5 Å². The van der Waals surface area contributed by atoms with Crippen LogP contribution in [-0.2, 0) is 4.74 Å². The molecule has 1 saturated carbocycles. The summed E-state index contributed by atoms with van der Waals surface area (Å²) in [5, 5.41) is 3.20. The predicted octanol–water partition coefficient (Wildman–Crippen LogP) is 5.02. The smallest absolute Gasteiger partial charge is 0.356 e. The third kappa shape index (κ3) is 4.47. The van der Waals surface area contributed by atoms with Gasteiger partial charge in [-0.3, -0.25) is 9.78 Å². The number of hydrogen-bond acceptors (Lipinski definition) is 7. The summed E-state index contributed by atoms with van der Waals surface area (Å²) in [5.74, 6) is 0.168. The summed E-state index contributed by atoms with van der Waals surface area (Å²) in [6.07, 6.45) is 7.01. The van der Waals surface area contributed by atoms with Crippen LogP contribution in [0, 0.1) is 0 Å². The molecule has 0 radical (unpaired) electrons. The molecular formula is C24H22BrN5O3S. The first-order chi connectivity index (χ1) is 16.5. The van der Waals surface area contributed by atoms with Gasteiger partial charge >= 0.3 is 5.97 Å². The van der Waals surface area contributed by atoms with Gasteiger partial charge in [-0.2, -0.15) is 0 Å². The van der Waals surface area contributed by atoms with Crippen molar-refractivity contribution < 1.29 is 14.3 Å². The average Bonchev–Trinajstić information content (AvgIpc) is 3.47. The number of thiophene rings is 1. The number of methoxy groups -OCH3 is 1. The zero-order chi connectivity index (χ0) is 23.7. The molecule has 1 fully saturated rings. The number of carbonyl (C=O) groups excluding carboxylic acids is 2. The zero-order valence-electron chi connectivity index (χ0n) is 18.4. The van der Waals surface area contributed by atoms with Crippen molar-refractivity contribution in [1.29, 1.82) is 0 Å². The Balaban J connectivity index is 1.49. The van der Waals surface area contributed by atoms with Crippen molar-refractivity contribution in [2.24, 2.45) is 0 Å². The van der Waals surface area contributed by atoms with E-state index < -0.39 is 5.97 Å². The lowest BCUT2D eigenvalue weighted by molar-refractivity contribution is 0.0594. The second kappa shape index (κ2) is 9.63. The van der Waals surface area contributed by atoms with E-state index in [9.17, 15) is 9.59 Å². The summed E-state index contributed by atoms with van der Waals surface area (Å²) in [6.45, 7) is 0. The maximum Gasteiger partial charge on any atom is 0.356 e. The number of carbonyl (C=O) groups is 2. The molecule has 10 heteroatoms. The summed E-state index contributed by atoms with van der Waals surface area (Å²) >= 11 is 4.85. The molecule has 0 saturated heterocycles. The van der Waals surface area contributed by atoms with E-state index in [1.807, 2.05) is 30.3 Å². The van der Waals surface area contributed by atoms with Crippen LogP contribution in [0.15, 0.2) is 52.6 Å². The number of nitrogens with one attached hydrogen (secondary N) is 1. The molecule has 8 nitrogen and oxygen atoms in total. The van der Waals surface area contributed by atoms with Gasteiger partial charge in [-0.15, -0.1) is 11.3 Å². The lowest BCUT2D eigenvalue weighted by Gasteiger charge is -2.31. The molecule has 1 amide bonds. The number of rotatable bonds is 5. The van der Waals surface area contributed by atoms with Gasteiger partial charge in [-0.25, -0.2) is 14.8 Å². The molecule has 0 bridgehead atoms. The van der Waals surface area contributed by atoms with Gasteiger partial charge in [0.15, 0.2) is 11.5 Å². The monoisotopic (exact) mass is 539 g/mol. The molecule has 2 atom stereocenters. The van der Waals surface area contributed by atoms with Gasteiger partial charge in [-0.05, 0) is 71.9 Å². The first kappa shape index (κ1) is 22.7. The quantitative estimate of drug-likeness (QED) is 0.357. The first-order valence-corrected chi connectivity index (χ1v) is 12.6. The number of fused-ring (bicyclic) bond motifs is 1. The Kier molecular flexibility index (Phi) is 6.42. The van der Waals surface area contributed by atoms with Gasteiger partial charge < -0.3 is 14.6 Å². The van der Waals surface area contributed by atoms with Crippen LogP contribution in [0.1, 0.15) is 51.9 Å². The number of nitrogens with zero attached hydrogens (tertiary/aromatic N) is 4. The number of ether oxygens (including phenoxy) is 1. The Hall–Kier alpha value is -3.11. The maximum atomic E-state index is 12.7. The third-order valence-corrected chi connectivity index (χ3v) is 7.63. The molecule has 0 spiro atoms. The van der Waals surface area contributed by atoms with Gasteiger partial charge in [0.05, 0.1) is 33.0 Å². The molecule has 1 aliphatic rings. The zero-order valence-corrected chi connectivity index (χ0v) is 20.8. The fraction of sp³-hybridized carbons (Fsp3) is 0.292. The fourth-order valence-electron chi connectivity index (χ4n) is 4.48. The van der Waals surface area contributed by atoms with Crippen LogP contribution in [0.25, 0.3) is 22.6 Å². The van der Waals surface area contributed by atoms with Gasteiger partial charge in [0.1, 0.15) is 5.69 Å². The van der Waals surface area contributed by atoms with Crippen LogP contribution in [0.5, 0.6) is 0 Å². The second-order valence-corrected chi connectivity index (χ2v) is 10.6. The molecule has 0 unspecified atom stereocenters. The Morgan fingerprint density at radius 3 is 2.82 bits per heavy atom. The van der Waals surface area contributed by atoms with Gasteiger partial charge in [0, 0.05) is 18.3 Å². The van der Waals surface area contributed by atoms with Crippen molar-refractivity contribution in [3.63, 3.8) is 0 Å². The van der Waals surface area contributed by atoms with Crippen LogP contribution >= 0.6 is 27.3 Å². The van der Waals surface area contributed by atoms with E-state index in [4.69, 9.17) is 9.72 Å². The molecular weight excluding hydrogens is 518 g/mol. The van der Waals surface area contributed by atoms with Crippen LogP contribution in [-0.4, -0.2) is 44.5 Å². The standard InChI is InChI=1S/C24H22BrN5O3S/c1-33-24(32)18-12-17-19(13-27-18)30(22(29-17)16-7-2-3-10-26-16)15-6-4-5-14(11-15)28-23(31)20-8-9-21(25)34-20/h2-3,7-10,12-15H,4-6,11H2,1H3,(H,28,31)/t14-,15+/m0/s1. The first-order valence-electron chi connectivity index (χ1n) is 11.0. The highest BCUT2D eigenvalue weighted by Gasteiger charge is 2.29.